The highest BCUT2D eigenvalue weighted by atomic mass is 16.5. The summed E-state index contributed by atoms with van der Waals surface area (Å²) in [6.45, 7) is 1.91. The summed E-state index contributed by atoms with van der Waals surface area (Å²) in [7, 11) is 1.39. The Kier molecular flexibility index (Phi) is 3.79. The Labute approximate surface area is 129 Å². The molecule has 0 unspecified atom stereocenters. The van der Waals surface area contributed by atoms with Gasteiger partial charge in [0.05, 0.1) is 18.3 Å². The third-order valence-electron chi connectivity index (χ3n) is 3.66. The summed E-state index contributed by atoms with van der Waals surface area (Å²) in [6, 6.07) is 20.4. The van der Waals surface area contributed by atoms with E-state index in [1.807, 2.05) is 37.3 Å². The summed E-state index contributed by atoms with van der Waals surface area (Å²) < 4.78 is 6.83. The predicted octanol–water partition coefficient (Wildman–Crippen LogP) is 4.34. The van der Waals surface area contributed by atoms with Crippen LogP contribution in [0.4, 0.5) is 0 Å². The molecular weight excluding hydrogens is 274 g/mol. The fourth-order valence-corrected chi connectivity index (χ4v) is 2.65. The van der Waals surface area contributed by atoms with Crippen LogP contribution < -0.4 is 0 Å². The Morgan fingerprint density at radius 3 is 2.45 bits per heavy atom. The first-order valence-corrected chi connectivity index (χ1v) is 7.13. The molecule has 22 heavy (non-hydrogen) atoms. The van der Waals surface area contributed by atoms with Crippen LogP contribution in [0.25, 0.3) is 27.9 Å². The molecule has 0 atom stereocenters. The van der Waals surface area contributed by atoms with E-state index in [4.69, 9.17) is 4.74 Å². The first-order valence-electron chi connectivity index (χ1n) is 7.13. The summed E-state index contributed by atoms with van der Waals surface area (Å²) in [5, 5.41) is 1.14. The van der Waals surface area contributed by atoms with Gasteiger partial charge in [-0.15, -0.1) is 0 Å². The van der Waals surface area contributed by atoms with Crippen LogP contribution in [0.15, 0.2) is 66.7 Å². The average Bonchev–Trinajstić information content (AvgIpc) is 2.95. The van der Waals surface area contributed by atoms with Crippen LogP contribution in [0.3, 0.4) is 0 Å². The lowest BCUT2D eigenvalue weighted by atomic mass is 10.1. The van der Waals surface area contributed by atoms with Crippen molar-refractivity contribution in [1.29, 1.82) is 0 Å². The van der Waals surface area contributed by atoms with Crippen LogP contribution in [0.2, 0.25) is 0 Å². The number of allylic oxidation sites excluding steroid dienone is 1. The SMILES string of the molecule is COC(=O)/C=C(\C)n1c(-c2ccccc2)cc2ccccc21. The first kappa shape index (κ1) is 14.1. The van der Waals surface area contributed by atoms with Crippen LogP contribution >= 0.6 is 0 Å². The molecule has 3 heteroatoms. The van der Waals surface area contributed by atoms with Crippen LogP contribution in [0, 0.1) is 0 Å². The lowest BCUT2D eigenvalue weighted by molar-refractivity contribution is -0.134. The average molecular weight is 291 g/mol. The number of hydrogen-bond donors (Lipinski definition) is 0. The third kappa shape index (κ3) is 2.53. The molecule has 1 aromatic heterocycles. The van der Waals surface area contributed by atoms with E-state index in [0.29, 0.717) is 0 Å². The second-order valence-electron chi connectivity index (χ2n) is 5.10. The number of rotatable bonds is 3. The van der Waals surface area contributed by atoms with E-state index in [-0.39, 0.29) is 5.97 Å². The fourth-order valence-electron chi connectivity index (χ4n) is 2.65. The topological polar surface area (TPSA) is 31.2 Å². The lowest BCUT2D eigenvalue weighted by Crippen LogP contribution is -2.01. The summed E-state index contributed by atoms with van der Waals surface area (Å²) in [5.41, 5.74) is 4.06. The maximum absolute atomic E-state index is 11.6. The second-order valence-corrected chi connectivity index (χ2v) is 5.10. The minimum absolute atomic E-state index is 0.353. The minimum atomic E-state index is -0.353. The van der Waals surface area contributed by atoms with Crippen molar-refractivity contribution < 1.29 is 9.53 Å². The van der Waals surface area contributed by atoms with Gasteiger partial charge in [-0.2, -0.15) is 0 Å². The summed E-state index contributed by atoms with van der Waals surface area (Å²) in [5.74, 6) is -0.353. The van der Waals surface area contributed by atoms with Crippen molar-refractivity contribution in [2.45, 2.75) is 6.92 Å². The highest BCUT2D eigenvalue weighted by Crippen LogP contribution is 2.31. The van der Waals surface area contributed by atoms with E-state index in [2.05, 4.69) is 34.9 Å². The van der Waals surface area contributed by atoms with E-state index in [1.165, 1.54) is 13.2 Å². The van der Waals surface area contributed by atoms with Crippen LogP contribution in [0.1, 0.15) is 6.92 Å². The normalized spacial score (nSPS) is 11.6. The van der Waals surface area contributed by atoms with Gasteiger partial charge in [0.15, 0.2) is 0 Å². The zero-order valence-corrected chi connectivity index (χ0v) is 12.6. The van der Waals surface area contributed by atoms with Crippen molar-refractivity contribution >= 4 is 22.6 Å². The number of aromatic nitrogens is 1. The Balaban J connectivity index is 2.26. The van der Waals surface area contributed by atoms with Crippen molar-refractivity contribution in [3.8, 4) is 11.3 Å². The van der Waals surface area contributed by atoms with Crippen molar-refractivity contribution in [3.63, 3.8) is 0 Å². The molecule has 0 N–H and O–H groups in total. The molecule has 2 aromatic carbocycles. The van der Waals surface area contributed by atoms with Gasteiger partial charge in [-0.05, 0) is 24.6 Å². The molecular formula is C19H17NO2. The zero-order chi connectivity index (χ0) is 15.5. The van der Waals surface area contributed by atoms with E-state index in [9.17, 15) is 4.79 Å². The van der Waals surface area contributed by atoms with Crippen molar-refractivity contribution in [2.24, 2.45) is 0 Å². The second kappa shape index (κ2) is 5.90. The molecule has 0 saturated carbocycles. The number of nitrogens with zero attached hydrogens (tertiary/aromatic N) is 1. The maximum Gasteiger partial charge on any atom is 0.332 e. The molecule has 1 heterocycles. The minimum Gasteiger partial charge on any atom is -0.466 e. The Morgan fingerprint density at radius 2 is 1.73 bits per heavy atom. The monoisotopic (exact) mass is 291 g/mol. The standard InChI is InChI=1S/C19H17NO2/c1-14(12-19(21)22-2)20-17-11-7-6-10-16(17)13-18(20)15-8-4-3-5-9-15/h3-13H,1-2H3/b14-12+. The van der Waals surface area contributed by atoms with Gasteiger partial charge in [-0.3, -0.25) is 0 Å². The largest absolute Gasteiger partial charge is 0.466 e. The van der Waals surface area contributed by atoms with Gasteiger partial charge in [-0.25, -0.2) is 4.79 Å². The van der Waals surface area contributed by atoms with E-state index < -0.39 is 0 Å². The zero-order valence-electron chi connectivity index (χ0n) is 12.6. The van der Waals surface area contributed by atoms with Crippen molar-refractivity contribution in [1.82, 2.24) is 4.57 Å². The number of methoxy groups -OCH3 is 1. The molecule has 0 bridgehead atoms. The van der Waals surface area contributed by atoms with Gasteiger partial charge in [0.25, 0.3) is 0 Å². The molecule has 3 aromatic rings. The maximum atomic E-state index is 11.6. The van der Waals surface area contributed by atoms with Gasteiger partial charge in [-0.1, -0.05) is 48.5 Å². The third-order valence-corrected chi connectivity index (χ3v) is 3.66. The van der Waals surface area contributed by atoms with E-state index in [1.54, 1.807) is 0 Å². The van der Waals surface area contributed by atoms with Gasteiger partial charge in [0, 0.05) is 17.2 Å². The molecule has 110 valence electrons. The quantitative estimate of drug-likeness (QED) is 0.531. The molecule has 0 radical (unpaired) electrons. The van der Waals surface area contributed by atoms with E-state index in [0.717, 1.165) is 27.9 Å². The van der Waals surface area contributed by atoms with Gasteiger partial charge < -0.3 is 9.30 Å². The number of hydrogen-bond acceptors (Lipinski definition) is 2. The predicted molar refractivity (Wildman–Crippen MR) is 89.3 cm³/mol. The molecule has 0 amide bonds. The van der Waals surface area contributed by atoms with Crippen molar-refractivity contribution in [3.05, 3.63) is 66.7 Å². The van der Waals surface area contributed by atoms with Gasteiger partial charge in [0.1, 0.15) is 0 Å². The van der Waals surface area contributed by atoms with Gasteiger partial charge >= 0.3 is 5.97 Å². The molecule has 0 aliphatic rings. The molecule has 0 aliphatic heterocycles. The van der Waals surface area contributed by atoms with Gasteiger partial charge in [0.2, 0.25) is 0 Å². The summed E-state index contributed by atoms with van der Waals surface area (Å²) >= 11 is 0. The Hall–Kier alpha value is -2.81. The molecule has 0 fully saturated rings. The molecule has 0 aliphatic carbocycles. The molecule has 3 rings (SSSR count). The number of para-hydroxylation sites is 1. The van der Waals surface area contributed by atoms with E-state index >= 15 is 0 Å². The number of fused-ring (bicyclic) bond motifs is 1. The number of benzene rings is 2. The number of carbonyl (C=O) groups is 1. The number of esters is 1. The highest BCUT2D eigenvalue weighted by molar-refractivity contribution is 5.94. The summed E-state index contributed by atoms with van der Waals surface area (Å²) in [4.78, 5) is 11.6. The van der Waals surface area contributed by atoms with Crippen molar-refractivity contribution in [2.75, 3.05) is 7.11 Å². The first-order chi connectivity index (χ1) is 10.7. The highest BCUT2D eigenvalue weighted by Gasteiger charge is 2.12. The summed E-state index contributed by atoms with van der Waals surface area (Å²) in [6.07, 6.45) is 1.51. The Morgan fingerprint density at radius 1 is 1.05 bits per heavy atom. The van der Waals surface area contributed by atoms with Crippen LogP contribution in [-0.2, 0) is 9.53 Å². The Bertz CT molecular complexity index is 844. The van der Waals surface area contributed by atoms with Crippen LogP contribution in [-0.4, -0.2) is 17.6 Å². The smallest absolute Gasteiger partial charge is 0.332 e. The van der Waals surface area contributed by atoms with Crippen LogP contribution in [0.5, 0.6) is 0 Å². The number of ether oxygens (including phenoxy) is 1. The molecule has 3 nitrogen and oxygen atoms in total. The lowest BCUT2D eigenvalue weighted by Gasteiger charge is -2.11. The number of carbonyl (C=O) groups excluding carboxylic acids is 1. The molecule has 0 saturated heterocycles. The molecule has 0 spiro atoms. The fraction of sp³-hybridized carbons (Fsp3) is 0.105.